The van der Waals surface area contributed by atoms with E-state index in [0.717, 1.165) is 29.0 Å². The average Bonchev–Trinajstić information content (AvgIpc) is 2.62. The molecule has 2 heterocycles. The molecule has 0 aliphatic heterocycles. The maximum Gasteiger partial charge on any atom is 0.262 e. The van der Waals surface area contributed by atoms with Gasteiger partial charge < -0.3 is 0 Å². The monoisotopic (exact) mass is 414 g/mol. The Balaban J connectivity index is 0.000000197. The van der Waals surface area contributed by atoms with Crippen LogP contribution in [-0.2, 0) is 14.8 Å². The first-order chi connectivity index (χ1) is 12.3. The molecule has 0 aliphatic rings. The third-order valence-corrected chi connectivity index (χ3v) is 5.32. The molecule has 26 heavy (non-hydrogen) atoms. The van der Waals surface area contributed by atoms with Crippen LogP contribution in [0.25, 0.3) is 0 Å². The van der Waals surface area contributed by atoms with E-state index in [2.05, 4.69) is 22.1 Å². The number of hydrogen-bond donors (Lipinski definition) is 0. The fourth-order valence-corrected chi connectivity index (χ4v) is 3.20. The van der Waals surface area contributed by atoms with E-state index >= 15 is 0 Å². The van der Waals surface area contributed by atoms with Crippen LogP contribution in [-0.4, -0.2) is 18.4 Å². The van der Waals surface area contributed by atoms with Crippen molar-refractivity contribution in [3.8, 4) is 0 Å². The summed E-state index contributed by atoms with van der Waals surface area (Å²) >= 11 is 1.65. The summed E-state index contributed by atoms with van der Waals surface area (Å²) in [7, 11) is 1.14. The molecule has 0 spiro atoms. The van der Waals surface area contributed by atoms with Crippen molar-refractivity contribution >= 4 is 31.5 Å². The quantitative estimate of drug-likeness (QED) is 0.353. The smallest absolute Gasteiger partial charge is 0.227 e. The molecule has 136 valence electrons. The minimum absolute atomic E-state index is 0.208. The van der Waals surface area contributed by atoms with Crippen LogP contribution in [0.1, 0.15) is 5.56 Å². The van der Waals surface area contributed by atoms with Crippen molar-refractivity contribution in [2.45, 2.75) is 15.5 Å². The van der Waals surface area contributed by atoms with Gasteiger partial charge in [-0.2, -0.15) is 8.78 Å². The zero-order valence-electron chi connectivity index (χ0n) is 13.2. The predicted octanol–water partition coefficient (Wildman–Crippen LogP) is 4.66. The Kier molecular flexibility index (Phi) is 7.50. The van der Waals surface area contributed by atoms with Gasteiger partial charge in [-0.3, -0.25) is 0 Å². The first-order valence-corrected chi connectivity index (χ1v) is 10.5. The minimum atomic E-state index is -3.78. The fourth-order valence-electron chi connectivity index (χ4n) is 1.70. The predicted molar refractivity (Wildman–Crippen MR) is 97.4 cm³/mol. The van der Waals surface area contributed by atoms with Crippen LogP contribution >= 0.6 is 22.4 Å². The lowest BCUT2D eigenvalue weighted by Crippen LogP contribution is -1.92. The lowest BCUT2D eigenvalue weighted by molar-refractivity contribution is 0.578. The lowest BCUT2D eigenvalue weighted by Gasteiger charge is -2.00. The third kappa shape index (κ3) is 7.07. The van der Waals surface area contributed by atoms with E-state index in [1.807, 2.05) is 18.2 Å². The Morgan fingerprint density at radius 1 is 0.885 bits per heavy atom. The van der Waals surface area contributed by atoms with E-state index < -0.39 is 20.9 Å². The summed E-state index contributed by atoms with van der Waals surface area (Å²) in [5, 5.41) is 0. The zero-order valence-corrected chi connectivity index (χ0v) is 15.6. The number of hydrogen-bond acceptors (Lipinski definition) is 5. The number of nitrogens with zero attached hydrogens (tertiary/aromatic N) is 2. The van der Waals surface area contributed by atoms with Crippen molar-refractivity contribution in [3.05, 3.63) is 84.4 Å². The SMILES string of the molecule is Fc1ccc(SCc2ccccc2)cn1.O=S(=O)(Cl)c1ccc(F)nc1. The van der Waals surface area contributed by atoms with Gasteiger partial charge >= 0.3 is 0 Å². The third-order valence-electron chi connectivity index (χ3n) is 2.93. The van der Waals surface area contributed by atoms with Gasteiger partial charge in [0.05, 0.1) is 6.20 Å². The molecule has 3 rings (SSSR count). The number of pyridine rings is 2. The molecule has 0 saturated carbocycles. The Morgan fingerprint density at radius 2 is 1.50 bits per heavy atom. The van der Waals surface area contributed by atoms with Crippen molar-refractivity contribution in [2.24, 2.45) is 0 Å². The highest BCUT2D eigenvalue weighted by Gasteiger charge is 2.09. The average molecular weight is 415 g/mol. The summed E-state index contributed by atoms with van der Waals surface area (Å²) in [4.78, 5) is 7.50. The molecular weight excluding hydrogens is 402 g/mol. The van der Waals surface area contributed by atoms with Crippen LogP contribution in [0.3, 0.4) is 0 Å². The molecule has 0 saturated heterocycles. The van der Waals surface area contributed by atoms with Crippen molar-refractivity contribution in [3.63, 3.8) is 0 Å². The summed E-state index contributed by atoms with van der Waals surface area (Å²) in [5.41, 5.74) is 1.26. The van der Waals surface area contributed by atoms with Crippen LogP contribution in [0, 0.1) is 11.9 Å². The molecule has 2 aromatic heterocycles. The van der Waals surface area contributed by atoms with Gasteiger partial charge in [-0.1, -0.05) is 30.3 Å². The van der Waals surface area contributed by atoms with Crippen molar-refractivity contribution in [1.82, 2.24) is 9.97 Å². The summed E-state index contributed by atoms with van der Waals surface area (Å²) in [6.45, 7) is 0. The van der Waals surface area contributed by atoms with Crippen LogP contribution in [0.5, 0.6) is 0 Å². The molecule has 0 radical (unpaired) electrons. The standard InChI is InChI=1S/C12H10FNS.C5H3ClFNO2S/c13-12-7-6-11(8-14-12)15-9-10-4-2-1-3-5-10;6-11(9,10)4-1-2-5(7)8-3-4/h1-8H,9H2;1-3H. The zero-order chi connectivity index (χ0) is 19.0. The highest BCUT2D eigenvalue weighted by molar-refractivity contribution is 8.13. The Morgan fingerprint density at radius 3 is 2.00 bits per heavy atom. The van der Waals surface area contributed by atoms with E-state index in [9.17, 15) is 17.2 Å². The van der Waals surface area contributed by atoms with Crippen molar-refractivity contribution in [1.29, 1.82) is 0 Å². The van der Waals surface area contributed by atoms with E-state index in [1.165, 1.54) is 11.6 Å². The summed E-state index contributed by atoms with van der Waals surface area (Å²) < 4.78 is 45.7. The molecule has 0 amide bonds. The van der Waals surface area contributed by atoms with Gasteiger partial charge in [0.25, 0.3) is 9.05 Å². The second-order valence-electron chi connectivity index (χ2n) is 4.85. The summed E-state index contributed by atoms with van der Waals surface area (Å²) in [5.74, 6) is -0.290. The topological polar surface area (TPSA) is 59.9 Å². The van der Waals surface area contributed by atoms with Gasteiger partial charge in [-0.15, -0.1) is 11.8 Å². The van der Waals surface area contributed by atoms with Gasteiger partial charge in [-0.25, -0.2) is 18.4 Å². The summed E-state index contributed by atoms with van der Waals surface area (Å²) in [6.07, 6.45) is 2.42. The Bertz CT molecular complexity index is 923. The Hall–Kier alpha value is -2.03. The number of thioether (sulfide) groups is 1. The van der Waals surface area contributed by atoms with Crippen molar-refractivity contribution < 1.29 is 17.2 Å². The van der Waals surface area contributed by atoms with E-state index in [1.54, 1.807) is 24.0 Å². The molecule has 0 N–H and O–H groups in total. The normalized spacial score (nSPS) is 10.7. The van der Waals surface area contributed by atoms with Crippen LogP contribution in [0.4, 0.5) is 8.78 Å². The second-order valence-corrected chi connectivity index (χ2v) is 8.46. The van der Waals surface area contributed by atoms with E-state index in [4.69, 9.17) is 10.7 Å². The fraction of sp³-hybridized carbons (Fsp3) is 0.0588. The molecule has 0 aliphatic carbocycles. The molecule has 4 nitrogen and oxygen atoms in total. The van der Waals surface area contributed by atoms with Gasteiger partial charge in [-0.05, 0) is 29.8 Å². The van der Waals surface area contributed by atoms with Crippen LogP contribution in [0.15, 0.2) is 76.8 Å². The molecule has 1 aromatic carbocycles. The van der Waals surface area contributed by atoms with E-state index in [-0.39, 0.29) is 4.90 Å². The maximum atomic E-state index is 12.5. The number of rotatable bonds is 4. The molecule has 0 bridgehead atoms. The lowest BCUT2D eigenvalue weighted by atomic mass is 10.2. The minimum Gasteiger partial charge on any atom is -0.227 e. The highest BCUT2D eigenvalue weighted by atomic mass is 35.7. The van der Waals surface area contributed by atoms with Crippen LogP contribution in [0.2, 0.25) is 0 Å². The van der Waals surface area contributed by atoms with Crippen molar-refractivity contribution in [2.75, 3.05) is 0 Å². The highest BCUT2D eigenvalue weighted by Crippen LogP contribution is 2.21. The van der Waals surface area contributed by atoms with Crippen LogP contribution < -0.4 is 0 Å². The number of aromatic nitrogens is 2. The van der Waals surface area contributed by atoms with Gasteiger partial charge in [0.15, 0.2) is 0 Å². The van der Waals surface area contributed by atoms with Gasteiger partial charge in [0.1, 0.15) is 4.90 Å². The molecule has 3 aromatic rings. The molecule has 0 unspecified atom stereocenters. The second kappa shape index (κ2) is 9.61. The number of halogens is 3. The maximum absolute atomic E-state index is 12.5. The van der Waals surface area contributed by atoms with E-state index in [0.29, 0.717) is 0 Å². The van der Waals surface area contributed by atoms with Gasteiger partial charge in [0.2, 0.25) is 11.9 Å². The largest absolute Gasteiger partial charge is 0.262 e. The number of benzene rings is 1. The summed E-state index contributed by atoms with van der Waals surface area (Å²) in [6, 6.07) is 15.3. The molecule has 9 heteroatoms. The molecular formula is C17H13ClF2N2O2S2. The first kappa shape index (κ1) is 20.3. The first-order valence-electron chi connectivity index (χ1n) is 7.19. The van der Waals surface area contributed by atoms with Gasteiger partial charge in [0, 0.05) is 27.5 Å². The molecule has 0 atom stereocenters. The Labute approximate surface area is 158 Å². The molecule has 0 fully saturated rings.